The summed E-state index contributed by atoms with van der Waals surface area (Å²) in [5, 5.41) is 5.16. The van der Waals surface area contributed by atoms with Crippen LogP contribution in [0, 0.1) is 0 Å². The molecule has 2 nitrogen and oxygen atoms in total. The SMILES string of the molecule is c1ccc(-c2ccc(N(c3ccccc3)c3ccccc3-c3ccc(-c4ccc5c(c4)c4ccccc4n5-c4ccc5c(c4)sc4ccccc45)cc3)cc2)cc1. The summed E-state index contributed by atoms with van der Waals surface area (Å²) >= 11 is 1.87. The Balaban J connectivity index is 0.965. The van der Waals surface area contributed by atoms with Gasteiger partial charge in [0.2, 0.25) is 0 Å². The maximum Gasteiger partial charge on any atom is 0.0541 e. The molecular weight excluding hydrogens is 709 g/mol. The Hall–Kier alpha value is -7.20. The predicted molar refractivity (Wildman–Crippen MR) is 245 cm³/mol. The molecule has 11 rings (SSSR count). The van der Waals surface area contributed by atoms with Crippen molar-refractivity contribution < 1.29 is 0 Å². The van der Waals surface area contributed by atoms with Crippen molar-refractivity contribution in [3.63, 3.8) is 0 Å². The third kappa shape index (κ3) is 5.80. The third-order valence-corrected chi connectivity index (χ3v) is 12.3. The number of benzene rings is 9. The minimum Gasteiger partial charge on any atom is -0.310 e. The van der Waals surface area contributed by atoms with Gasteiger partial charge in [0.25, 0.3) is 0 Å². The van der Waals surface area contributed by atoms with E-state index in [0.29, 0.717) is 0 Å². The number of nitrogens with zero attached hydrogens (tertiary/aromatic N) is 2. The molecule has 57 heavy (non-hydrogen) atoms. The van der Waals surface area contributed by atoms with E-state index in [1.54, 1.807) is 0 Å². The molecule has 0 aliphatic carbocycles. The van der Waals surface area contributed by atoms with Gasteiger partial charge >= 0.3 is 0 Å². The Labute approximate surface area is 335 Å². The van der Waals surface area contributed by atoms with Crippen LogP contribution in [0.5, 0.6) is 0 Å². The zero-order valence-corrected chi connectivity index (χ0v) is 31.9. The highest BCUT2D eigenvalue weighted by Crippen LogP contribution is 2.43. The number of fused-ring (bicyclic) bond motifs is 6. The van der Waals surface area contributed by atoms with Crippen LogP contribution in [0.25, 0.3) is 81.0 Å². The molecule has 0 amide bonds. The highest BCUT2D eigenvalue weighted by atomic mass is 32.1. The second-order valence-corrected chi connectivity index (χ2v) is 15.6. The molecule has 0 spiro atoms. The minimum absolute atomic E-state index is 1.11. The van der Waals surface area contributed by atoms with Crippen molar-refractivity contribution in [2.75, 3.05) is 4.90 Å². The fraction of sp³-hybridized carbons (Fsp3) is 0. The lowest BCUT2D eigenvalue weighted by Gasteiger charge is -2.28. The van der Waals surface area contributed by atoms with Crippen LogP contribution >= 0.6 is 11.3 Å². The number of aromatic nitrogens is 1. The van der Waals surface area contributed by atoms with Crippen LogP contribution in [0.1, 0.15) is 0 Å². The highest BCUT2D eigenvalue weighted by Gasteiger charge is 2.18. The third-order valence-electron chi connectivity index (χ3n) is 11.2. The number of anilines is 3. The molecule has 0 saturated carbocycles. The molecule has 0 radical (unpaired) electrons. The van der Waals surface area contributed by atoms with Crippen LogP contribution in [-0.4, -0.2) is 4.57 Å². The average molecular weight is 745 g/mol. The molecule has 0 fully saturated rings. The molecule has 0 saturated heterocycles. The quantitative estimate of drug-likeness (QED) is 0.158. The van der Waals surface area contributed by atoms with E-state index in [2.05, 4.69) is 228 Å². The Morgan fingerprint density at radius 3 is 1.72 bits per heavy atom. The zero-order chi connectivity index (χ0) is 37.7. The van der Waals surface area contributed by atoms with E-state index in [9.17, 15) is 0 Å². The molecule has 0 aliphatic heterocycles. The molecule has 2 heterocycles. The smallest absolute Gasteiger partial charge is 0.0541 e. The van der Waals surface area contributed by atoms with Crippen molar-refractivity contribution in [3.8, 4) is 39.1 Å². The lowest BCUT2D eigenvalue weighted by atomic mass is 9.97. The van der Waals surface area contributed by atoms with Crippen molar-refractivity contribution in [1.29, 1.82) is 0 Å². The fourth-order valence-corrected chi connectivity index (χ4v) is 9.62. The Kier molecular flexibility index (Phi) is 8.04. The van der Waals surface area contributed by atoms with Crippen molar-refractivity contribution in [2.24, 2.45) is 0 Å². The summed E-state index contributed by atoms with van der Waals surface area (Å²) in [5.74, 6) is 0. The number of rotatable bonds is 7. The van der Waals surface area contributed by atoms with Crippen molar-refractivity contribution in [1.82, 2.24) is 4.57 Å². The van der Waals surface area contributed by atoms with Crippen molar-refractivity contribution in [3.05, 3.63) is 218 Å². The van der Waals surface area contributed by atoms with Crippen LogP contribution in [0.3, 0.4) is 0 Å². The van der Waals surface area contributed by atoms with Crippen LogP contribution in [-0.2, 0) is 0 Å². The second kappa shape index (κ2) is 13.8. The van der Waals surface area contributed by atoms with Gasteiger partial charge in [0.05, 0.1) is 16.7 Å². The highest BCUT2D eigenvalue weighted by molar-refractivity contribution is 7.25. The summed E-state index contributed by atoms with van der Waals surface area (Å²) < 4.78 is 5.06. The largest absolute Gasteiger partial charge is 0.310 e. The Bertz CT molecular complexity index is 3210. The topological polar surface area (TPSA) is 8.17 Å². The van der Waals surface area contributed by atoms with Gasteiger partial charge in [-0.3, -0.25) is 0 Å². The molecule has 11 aromatic rings. The molecule has 0 bridgehead atoms. The van der Waals surface area contributed by atoms with Crippen molar-refractivity contribution in [2.45, 2.75) is 0 Å². The standard InChI is InChI=1S/C54H36N2S/c1-3-13-37(14-4-1)38-27-30-43(31-28-38)55(42-15-5-2-6-16-42)50-20-10-7-17-45(50)40-25-23-39(24-26-40)41-29-34-52-49(35-41)46-18-8-11-21-51(46)56(52)44-32-33-48-47-19-9-12-22-53(47)57-54(48)36-44/h1-36H. The van der Waals surface area contributed by atoms with Gasteiger partial charge in [-0.2, -0.15) is 0 Å². The number of thiophene rings is 1. The zero-order valence-electron chi connectivity index (χ0n) is 31.1. The molecular formula is C54H36N2S. The van der Waals surface area contributed by atoms with Gasteiger partial charge in [0, 0.05) is 53.6 Å². The first-order valence-electron chi connectivity index (χ1n) is 19.4. The van der Waals surface area contributed by atoms with E-state index >= 15 is 0 Å². The summed E-state index contributed by atoms with van der Waals surface area (Å²) in [4.78, 5) is 2.36. The van der Waals surface area contributed by atoms with Crippen molar-refractivity contribution >= 4 is 70.4 Å². The summed E-state index contributed by atoms with van der Waals surface area (Å²) in [6.45, 7) is 0. The summed E-state index contributed by atoms with van der Waals surface area (Å²) in [7, 11) is 0. The van der Waals surface area contributed by atoms with E-state index in [0.717, 1.165) is 17.1 Å². The number of hydrogen-bond acceptors (Lipinski definition) is 2. The summed E-state index contributed by atoms with van der Waals surface area (Å²) in [6, 6.07) is 79.3. The monoisotopic (exact) mass is 744 g/mol. The van der Waals surface area contributed by atoms with Gasteiger partial charge in [-0.05, 0) is 94.5 Å². The van der Waals surface area contributed by atoms with Crippen LogP contribution in [0.4, 0.5) is 17.1 Å². The Morgan fingerprint density at radius 2 is 0.895 bits per heavy atom. The number of hydrogen-bond donors (Lipinski definition) is 0. The molecule has 268 valence electrons. The second-order valence-electron chi connectivity index (χ2n) is 14.5. The predicted octanol–water partition coefficient (Wildman–Crippen LogP) is 15.6. The molecule has 0 N–H and O–H groups in total. The summed E-state index contributed by atoms with van der Waals surface area (Å²) in [5.41, 5.74) is 14.1. The normalized spacial score (nSPS) is 11.5. The van der Waals surface area contributed by atoms with E-state index in [1.807, 2.05) is 11.3 Å². The van der Waals surface area contributed by atoms with Gasteiger partial charge in [0.15, 0.2) is 0 Å². The van der Waals surface area contributed by atoms with Gasteiger partial charge < -0.3 is 9.47 Å². The Morgan fingerprint density at radius 1 is 0.333 bits per heavy atom. The lowest BCUT2D eigenvalue weighted by Crippen LogP contribution is -2.11. The van der Waals surface area contributed by atoms with Crippen LogP contribution < -0.4 is 4.90 Å². The first kappa shape index (κ1) is 33.2. The van der Waals surface area contributed by atoms with E-state index in [1.165, 1.54) is 81.0 Å². The summed E-state index contributed by atoms with van der Waals surface area (Å²) in [6.07, 6.45) is 0. The molecule has 3 heteroatoms. The van der Waals surface area contributed by atoms with E-state index < -0.39 is 0 Å². The first-order valence-corrected chi connectivity index (χ1v) is 20.2. The van der Waals surface area contributed by atoms with Gasteiger partial charge in [0.1, 0.15) is 0 Å². The number of para-hydroxylation sites is 3. The van der Waals surface area contributed by atoms with Crippen LogP contribution in [0.15, 0.2) is 218 Å². The molecule has 0 atom stereocenters. The molecule has 0 aliphatic rings. The molecule has 2 aromatic heterocycles. The van der Waals surface area contributed by atoms with Gasteiger partial charge in [-0.15, -0.1) is 11.3 Å². The average Bonchev–Trinajstić information content (AvgIpc) is 3.83. The van der Waals surface area contributed by atoms with Crippen LogP contribution in [0.2, 0.25) is 0 Å². The maximum atomic E-state index is 2.42. The lowest BCUT2D eigenvalue weighted by molar-refractivity contribution is 1.19. The van der Waals surface area contributed by atoms with E-state index in [-0.39, 0.29) is 0 Å². The van der Waals surface area contributed by atoms with E-state index in [4.69, 9.17) is 0 Å². The first-order chi connectivity index (χ1) is 28.3. The van der Waals surface area contributed by atoms with Gasteiger partial charge in [-0.1, -0.05) is 152 Å². The van der Waals surface area contributed by atoms with Gasteiger partial charge in [-0.25, -0.2) is 0 Å². The maximum absolute atomic E-state index is 2.42. The molecule has 9 aromatic carbocycles. The molecule has 0 unspecified atom stereocenters. The minimum atomic E-state index is 1.11. The fourth-order valence-electron chi connectivity index (χ4n) is 8.48.